The average molecular weight is 183 g/mol. The SMILES string of the molecule is COC(=O)[C@@H]1NC[C@]12CC[C@H](C)C2. The van der Waals surface area contributed by atoms with Crippen molar-refractivity contribution in [3.05, 3.63) is 0 Å². The summed E-state index contributed by atoms with van der Waals surface area (Å²) in [6.07, 6.45) is 3.62. The van der Waals surface area contributed by atoms with Crippen molar-refractivity contribution in [2.75, 3.05) is 13.7 Å². The first-order valence-corrected chi connectivity index (χ1v) is 4.99. The summed E-state index contributed by atoms with van der Waals surface area (Å²) in [5.41, 5.74) is 0.243. The zero-order chi connectivity index (χ0) is 9.47. The Balaban J connectivity index is 2.04. The van der Waals surface area contributed by atoms with E-state index >= 15 is 0 Å². The topological polar surface area (TPSA) is 38.3 Å². The van der Waals surface area contributed by atoms with Gasteiger partial charge in [0.25, 0.3) is 0 Å². The summed E-state index contributed by atoms with van der Waals surface area (Å²) >= 11 is 0. The molecule has 0 radical (unpaired) electrons. The van der Waals surface area contributed by atoms with Crippen LogP contribution < -0.4 is 5.32 Å². The molecule has 74 valence electrons. The summed E-state index contributed by atoms with van der Waals surface area (Å²) in [4.78, 5) is 11.4. The minimum atomic E-state index is -0.0830. The summed E-state index contributed by atoms with van der Waals surface area (Å²) < 4.78 is 4.77. The Labute approximate surface area is 78.8 Å². The lowest BCUT2D eigenvalue weighted by atomic mass is 9.71. The second-order valence-corrected chi connectivity index (χ2v) is 4.55. The lowest BCUT2D eigenvalue weighted by Gasteiger charge is -2.46. The third-order valence-electron chi connectivity index (χ3n) is 3.60. The number of esters is 1. The van der Waals surface area contributed by atoms with Crippen molar-refractivity contribution in [1.82, 2.24) is 5.32 Å². The molecule has 0 aromatic carbocycles. The van der Waals surface area contributed by atoms with Gasteiger partial charge in [-0.3, -0.25) is 4.79 Å². The second kappa shape index (κ2) is 2.98. The van der Waals surface area contributed by atoms with Crippen molar-refractivity contribution in [1.29, 1.82) is 0 Å². The van der Waals surface area contributed by atoms with Gasteiger partial charge in [0.05, 0.1) is 7.11 Å². The van der Waals surface area contributed by atoms with E-state index in [0.717, 1.165) is 12.5 Å². The van der Waals surface area contributed by atoms with E-state index in [1.807, 2.05) is 0 Å². The van der Waals surface area contributed by atoms with Crippen LogP contribution in [0.2, 0.25) is 0 Å². The van der Waals surface area contributed by atoms with Crippen LogP contribution in [0.25, 0.3) is 0 Å². The van der Waals surface area contributed by atoms with E-state index < -0.39 is 0 Å². The molecule has 3 nitrogen and oxygen atoms in total. The van der Waals surface area contributed by atoms with Crippen molar-refractivity contribution < 1.29 is 9.53 Å². The molecule has 1 spiro atoms. The van der Waals surface area contributed by atoms with Gasteiger partial charge in [0.15, 0.2) is 0 Å². The number of ether oxygens (including phenoxy) is 1. The highest BCUT2D eigenvalue weighted by molar-refractivity contribution is 5.78. The van der Waals surface area contributed by atoms with Crippen LogP contribution in [0.15, 0.2) is 0 Å². The molecule has 3 atom stereocenters. The molecule has 13 heavy (non-hydrogen) atoms. The third kappa shape index (κ3) is 1.26. The van der Waals surface area contributed by atoms with Crippen LogP contribution in [0, 0.1) is 11.3 Å². The highest BCUT2D eigenvalue weighted by Gasteiger charge is 2.53. The van der Waals surface area contributed by atoms with E-state index in [9.17, 15) is 4.79 Å². The van der Waals surface area contributed by atoms with Gasteiger partial charge in [-0.25, -0.2) is 0 Å². The van der Waals surface area contributed by atoms with Gasteiger partial charge in [-0.1, -0.05) is 13.3 Å². The molecule has 1 aliphatic heterocycles. The largest absolute Gasteiger partial charge is 0.468 e. The summed E-state index contributed by atoms with van der Waals surface area (Å²) in [6.45, 7) is 3.26. The van der Waals surface area contributed by atoms with Crippen molar-refractivity contribution in [2.45, 2.75) is 32.2 Å². The molecule has 2 rings (SSSR count). The first-order valence-electron chi connectivity index (χ1n) is 4.99. The number of carbonyl (C=O) groups is 1. The molecule has 1 N–H and O–H groups in total. The quantitative estimate of drug-likeness (QED) is 0.615. The van der Waals surface area contributed by atoms with E-state index in [-0.39, 0.29) is 17.4 Å². The fourth-order valence-electron chi connectivity index (χ4n) is 2.80. The summed E-state index contributed by atoms with van der Waals surface area (Å²) in [5.74, 6) is 0.689. The molecule has 1 heterocycles. The van der Waals surface area contributed by atoms with E-state index in [1.54, 1.807) is 0 Å². The van der Waals surface area contributed by atoms with Gasteiger partial charge >= 0.3 is 5.97 Å². The minimum absolute atomic E-state index is 0.0255. The van der Waals surface area contributed by atoms with E-state index in [0.29, 0.717) is 0 Å². The molecule has 3 heteroatoms. The molecule has 0 aromatic rings. The van der Waals surface area contributed by atoms with Gasteiger partial charge < -0.3 is 10.1 Å². The lowest BCUT2D eigenvalue weighted by molar-refractivity contribution is -0.151. The molecule has 2 aliphatic rings. The highest BCUT2D eigenvalue weighted by atomic mass is 16.5. The van der Waals surface area contributed by atoms with Gasteiger partial charge in [0, 0.05) is 12.0 Å². The monoisotopic (exact) mass is 183 g/mol. The predicted molar refractivity (Wildman–Crippen MR) is 49.3 cm³/mol. The Morgan fingerprint density at radius 1 is 1.62 bits per heavy atom. The van der Waals surface area contributed by atoms with E-state index in [1.165, 1.54) is 26.4 Å². The van der Waals surface area contributed by atoms with Crippen molar-refractivity contribution in [2.24, 2.45) is 11.3 Å². The third-order valence-corrected chi connectivity index (χ3v) is 3.60. The van der Waals surface area contributed by atoms with Crippen LogP contribution in [0.5, 0.6) is 0 Å². The van der Waals surface area contributed by atoms with E-state index in [2.05, 4.69) is 12.2 Å². The molecule has 2 fully saturated rings. The predicted octanol–water partition coefficient (Wildman–Crippen LogP) is 0.938. The van der Waals surface area contributed by atoms with Crippen LogP contribution in [0.1, 0.15) is 26.2 Å². The Kier molecular flexibility index (Phi) is 2.06. The molecule has 0 bridgehead atoms. The average Bonchev–Trinajstić information content (AvgIpc) is 2.48. The zero-order valence-corrected chi connectivity index (χ0v) is 8.30. The summed E-state index contributed by atoms with van der Waals surface area (Å²) in [6, 6.07) is -0.0255. The number of methoxy groups -OCH3 is 1. The molecule has 0 aromatic heterocycles. The molecule has 0 amide bonds. The maximum Gasteiger partial charge on any atom is 0.323 e. The van der Waals surface area contributed by atoms with Crippen LogP contribution in [-0.2, 0) is 9.53 Å². The first kappa shape index (κ1) is 9.00. The fourth-order valence-corrected chi connectivity index (χ4v) is 2.80. The van der Waals surface area contributed by atoms with Crippen molar-refractivity contribution in [3.8, 4) is 0 Å². The Morgan fingerprint density at radius 3 is 2.77 bits per heavy atom. The molecule has 1 saturated heterocycles. The normalized spacial score (nSPS) is 43.2. The Bertz CT molecular complexity index is 229. The fraction of sp³-hybridized carbons (Fsp3) is 0.900. The summed E-state index contributed by atoms with van der Waals surface area (Å²) in [7, 11) is 1.47. The van der Waals surface area contributed by atoms with Gasteiger partial charge in [0.1, 0.15) is 6.04 Å². The van der Waals surface area contributed by atoms with Gasteiger partial charge in [-0.05, 0) is 18.8 Å². The molecule has 1 saturated carbocycles. The number of nitrogens with one attached hydrogen (secondary N) is 1. The van der Waals surface area contributed by atoms with Crippen molar-refractivity contribution in [3.63, 3.8) is 0 Å². The number of carbonyl (C=O) groups excluding carboxylic acids is 1. The number of hydrogen-bond acceptors (Lipinski definition) is 3. The first-order chi connectivity index (χ1) is 6.18. The molecular formula is C10H17NO2. The molecule has 0 unspecified atom stereocenters. The van der Waals surface area contributed by atoms with E-state index in [4.69, 9.17) is 4.74 Å². The van der Waals surface area contributed by atoms with Gasteiger partial charge in [-0.15, -0.1) is 0 Å². The lowest BCUT2D eigenvalue weighted by Crippen LogP contribution is -2.65. The van der Waals surface area contributed by atoms with Crippen LogP contribution in [0.3, 0.4) is 0 Å². The molecular weight excluding hydrogens is 166 g/mol. The number of hydrogen-bond donors (Lipinski definition) is 1. The minimum Gasteiger partial charge on any atom is -0.468 e. The standard InChI is InChI=1S/C10H17NO2/c1-7-3-4-10(5-7)6-11-8(10)9(12)13-2/h7-8,11H,3-6H2,1-2H3/t7-,8-,10+/m0/s1. The Hall–Kier alpha value is -0.570. The molecule has 1 aliphatic carbocycles. The maximum atomic E-state index is 11.4. The zero-order valence-electron chi connectivity index (χ0n) is 8.30. The van der Waals surface area contributed by atoms with Crippen LogP contribution in [0.4, 0.5) is 0 Å². The van der Waals surface area contributed by atoms with Gasteiger partial charge in [0.2, 0.25) is 0 Å². The maximum absolute atomic E-state index is 11.4. The van der Waals surface area contributed by atoms with Crippen LogP contribution in [-0.4, -0.2) is 25.7 Å². The van der Waals surface area contributed by atoms with Crippen LogP contribution >= 0.6 is 0 Å². The van der Waals surface area contributed by atoms with Gasteiger partial charge in [-0.2, -0.15) is 0 Å². The smallest absolute Gasteiger partial charge is 0.323 e. The summed E-state index contributed by atoms with van der Waals surface area (Å²) in [5, 5.41) is 3.17. The van der Waals surface area contributed by atoms with Crippen molar-refractivity contribution >= 4 is 5.97 Å². The second-order valence-electron chi connectivity index (χ2n) is 4.55. The highest BCUT2D eigenvalue weighted by Crippen LogP contribution is 2.48. The Morgan fingerprint density at radius 2 is 2.38 bits per heavy atom. The number of rotatable bonds is 1.